The first kappa shape index (κ1) is 71.2. The molecule has 2 aliphatic rings. The quantitative estimate of drug-likeness (QED) is 0.00881. The standard InChI is InChI=1S/C33H39N3O10S.C30H45N5O7S/c1-23(2)20-35(47(41,42)29-15-11-26(12-16-29)36(39)40)21-31(46-33(38)45-27-13-9-24(3)10-14-27)30(19-25-7-5-4-6-8-25)34-32(37)44-28-17-18-43-22-28;1-22(2)19-35(43(38,39)26-12-10-24(31)11-13-26)20-28(42-30(37)34(4)16-15-32-3)27(18-23-8-6-5-7-9-23)33-29(36)41-25-14-17-40-21-25/h4-16,23,28,30-31H,17-22H2,1-3H3,(H,34,37);5-13,22,25,27-28,32H,14-21,31H2,1-4H3,(H,33,36)/t28?,30-,31?;25-,27-,28+/m00/s1. The number of nitrogens with two attached hydrogens (primary N) is 1. The van der Waals surface area contributed by atoms with Crippen LogP contribution in [0.5, 0.6) is 5.75 Å². The number of nitro groups is 1. The van der Waals surface area contributed by atoms with Gasteiger partial charge in [0.05, 0.1) is 66.3 Å². The van der Waals surface area contributed by atoms with Gasteiger partial charge in [-0.05, 0) is 98.3 Å². The number of benzene rings is 5. The monoisotopic (exact) mass is 1290 g/mol. The third-order valence-corrected chi connectivity index (χ3v) is 18.0. The van der Waals surface area contributed by atoms with Crippen LogP contribution < -0.4 is 26.4 Å². The van der Waals surface area contributed by atoms with Crippen molar-refractivity contribution in [3.8, 4) is 5.75 Å². The van der Waals surface area contributed by atoms with Gasteiger partial charge in [-0.25, -0.2) is 36.0 Å². The highest BCUT2D eigenvalue weighted by atomic mass is 32.2. The molecule has 0 aromatic heterocycles. The molecular formula is C63H84N8O17S2. The average molecular weight is 1290 g/mol. The second-order valence-electron chi connectivity index (χ2n) is 22.7. The molecule has 5 aromatic rings. The second-order valence-corrected chi connectivity index (χ2v) is 26.6. The van der Waals surface area contributed by atoms with Crippen molar-refractivity contribution in [1.82, 2.24) is 29.5 Å². The summed E-state index contributed by atoms with van der Waals surface area (Å²) in [6.45, 7) is 11.3. The lowest BCUT2D eigenvalue weighted by atomic mass is 10.0. The van der Waals surface area contributed by atoms with Crippen molar-refractivity contribution in [2.24, 2.45) is 11.8 Å². The highest BCUT2D eigenvalue weighted by Gasteiger charge is 2.38. The number of likely N-dealkylation sites (N-methyl/N-ethyl adjacent to an activating group) is 2. The van der Waals surface area contributed by atoms with Crippen molar-refractivity contribution in [3.05, 3.63) is 160 Å². The highest BCUT2D eigenvalue weighted by molar-refractivity contribution is 7.89. The number of sulfonamides is 2. The lowest BCUT2D eigenvalue weighted by Gasteiger charge is -2.34. The molecule has 2 saturated heterocycles. The number of hydrogen-bond acceptors (Lipinski definition) is 19. The summed E-state index contributed by atoms with van der Waals surface area (Å²) in [7, 11) is -4.93. The predicted molar refractivity (Wildman–Crippen MR) is 336 cm³/mol. The molecule has 0 aliphatic carbocycles. The Morgan fingerprint density at radius 1 is 0.644 bits per heavy atom. The molecule has 2 heterocycles. The van der Waals surface area contributed by atoms with E-state index in [2.05, 4.69) is 16.0 Å². The molecule has 25 nitrogen and oxygen atoms in total. The Labute approximate surface area is 527 Å². The molecule has 3 amide bonds. The number of nitro benzene ring substituents is 1. The number of anilines is 1. The van der Waals surface area contributed by atoms with Crippen LogP contribution in [0.15, 0.2) is 143 Å². The van der Waals surface area contributed by atoms with Crippen LogP contribution in [0, 0.1) is 28.9 Å². The van der Waals surface area contributed by atoms with Crippen molar-refractivity contribution >= 4 is 55.9 Å². The molecule has 2 unspecified atom stereocenters. The minimum Gasteiger partial charge on any atom is -0.444 e. The summed E-state index contributed by atoms with van der Waals surface area (Å²) >= 11 is 0. The molecule has 0 saturated carbocycles. The van der Waals surface area contributed by atoms with Crippen LogP contribution in [0.3, 0.4) is 0 Å². The van der Waals surface area contributed by atoms with Crippen molar-refractivity contribution < 1.29 is 74.1 Å². The zero-order valence-corrected chi connectivity index (χ0v) is 53.5. The fraction of sp³-hybridized carbons (Fsp3) is 0.460. The van der Waals surface area contributed by atoms with Crippen LogP contribution in [-0.2, 0) is 61.3 Å². The van der Waals surface area contributed by atoms with Gasteiger partial charge in [0.15, 0.2) is 0 Å². The molecule has 5 N–H and O–H groups in total. The average Bonchev–Trinajstić information content (AvgIpc) is 0.954. The van der Waals surface area contributed by atoms with Gasteiger partial charge in [0.2, 0.25) is 20.0 Å². The summed E-state index contributed by atoms with van der Waals surface area (Å²) in [6, 6.07) is 33.9. The fourth-order valence-corrected chi connectivity index (χ4v) is 12.8. The molecule has 7 rings (SSSR count). The van der Waals surface area contributed by atoms with E-state index >= 15 is 0 Å². The molecule has 0 spiro atoms. The Hall–Kier alpha value is -7.92. The number of nitrogens with zero attached hydrogens (tertiary/aromatic N) is 4. The van der Waals surface area contributed by atoms with Crippen LogP contribution in [0.2, 0.25) is 0 Å². The lowest BCUT2D eigenvalue weighted by Crippen LogP contribution is -2.54. The van der Waals surface area contributed by atoms with E-state index in [0.717, 1.165) is 45.3 Å². The van der Waals surface area contributed by atoms with E-state index in [1.54, 1.807) is 38.4 Å². The Morgan fingerprint density at radius 2 is 1.09 bits per heavy atom. The van der Waals surface area contributed by atoms with E-state index in [4.69, 9.17) is 38.9 Å². The van der Waals surface area contributed by atoms with Gasteiger partial charge in [-0.1, -0.05) is 106 Å². The number of carbonyl (C=O) groups is 4. The summed E-state index contributed by atoms with van der Waals surface area (Å²) in [6.07, 6.45) is -4.92. The number of amides is 3. The van der Waals surface area contributed by atoms with Gasteiger partial charge in [0.25, 0.3) is 5.69 Å². The van der Waals surface area contributed by atoms with E-state index in [0.29, 0.717) is 51.4 Å². The Balaban J connectivity index is 0.000000288. The van der Waals surface area contributed by atoms with Crippen LogP contribution in [-0.4, -0.2) is 176 Å². The van der Waals surface area contributed by atoms with E-state index in [1.165, 1.54) is 33.5 Å². The minimum atomic E-state index is -4.27. The van der Waals surface area contributed by atoms with Crippen LogP contribution in [0.4, 0.5) is 30.6 Å². The first-order valence-corrected chi connectivity index (χ1v) is 32.6. The summed E-state index contributed by atoms with van der Waals surface area (Å²) in [5.41, 5.74) is 8.56. The van der Waals surface area contributed by atoms with Gasteiger partial charge in [-0.3, -0.25) is 10.1 Å². The Kier molecular flexibility index (Phi) is 27.6. The summed E-state index contributed by atoms with van der Waals surface area (Å²) < 4.78 is 97.3. The van der Waals surface area contributed by atoms with Crippen LogP contribution in [0.1, 0.15) is 57.2 Å². The number of rotatable bonds is 29. The van der Waals surface area contributed by atoms with E-state index in [9.17, 15) is 46.1 Å². The fourth-order valence-electron chi connectivity index (χ4n) is 9.54. The Bertz CT molecular complexity index is 3290. The molecule has 0 radical (unpaired) electrons. The van der Waals surface area contributed by atoms with Gasteiger partial charge in [-0.15, -0.1) is 0 Å². The molecule has 5 aromatic carbocycles. The largest absolute Gasteiger partial charge is 0.514 e. The summed E-state index contributed by atoms with van der Waals surface area (Å²) in [5.74, 6) is -0.00739. The summed E-state index contributed by atoms with van der Waals surface area (Å²) in [5, 5.41) is 19.8. The lowest BCUT2D eigenvalue weighted by molar-refractivity contribution is -0.384. The molecule has 90 heavy (non-hydrogen) atoms. The number of non-ortho nitro benzene ring substituents is 1. The first-order chi connectivity index (χ1) is 42.9. The van der Waals surface area contributed by atoms with Gasteiger partial charge >= 0.3 is 24.4 Å². The number of aryl methyl sites for hydroxylation is 1. The topological polar surface area (TPSA) is 316 Å². The minimum absolute atomic E-state index is 0.00804. The number of nitrogen functional groups attached to an aromatic ring is 1. The first-order valence-electron chi connectivity index (χ1n) is 29.7. The van der Waals surface area contributed by atoms with Crippen molar-refractivity contribution in [2.45, 2.75) is 107 Å². The molecule has 2 aliphatic heterocycles. The van der Waals surface area contributed by atoms with Gasteiger partial charge in [0.1, 0.15) is 30.2 Å². The van der Waals surface area contributed by atoms with Gasteiger partial charge in [0, 0.05) is 63.9 Å². The SMILES string of the molecule is CNCCN(C)C(=O)O[C@H](CN(CC(C)C)S(=O)(=O)c1ccc(N)cc1)[C@H](Cc1ccccc1)NC(=O)O[C@H]1CCOC1.Cc1ccc(OC(=O)OC(CN(CC(C)C)S(=O)(=O)c2ccc([N+](=O)[O-])cc2)[C@H](Cc2ccccc2)NC(=O)OC2CCOC2)cc1. The second kappa shape index (κ2) is 34.9. The molecule has 27 heteroatoms. The van der Waals surface area contributed by atoms with Crippen LogP contribution in [0.25, 0.3) is 0 Å². The number of hydrogen-bond donors (Lipinski definition) is 4. The highest BCUT2D eigenvalue weighted by Crippen LogP contribution is 2.26. The zero-order chi connectivity index (χ0) is 65.4. The number of alkyl carbamates (subject to hydrolysis) is 2. The van der Waals surface area contributed by atoms with E-state index < -0.39 is 85.9 Å². The molecule has 490 valence electrons. The third-order valence-electron chi connectivity index (χ3n) is 14.3. The van der Waals surface area contributed by atoms with Crippen molar-refractivity contribution in [1.29, 1.82) is 0 Å². The van der Waals surface area contributed by atoms with Crippen molar-refractivity contribution in [3.63, 3.8) is 0 Å². The molecule has 6 atom stereocenters. The van der Waals surface area contributed by atoms with Gasteiger partial charge in [-0.2, -0.15) is 8.61 Å². The number of ether oxygens (including phenoxy) is 7. The maximum Gasteiger partial charge on any atom is 0.514 e. The normalized spacial score (nSPS) is 16.3. The third kappa shape index (κ3) is 22.8. The van der Waals surface area contributed by atoms with E-state index in [-0.39, 0.29) is 78.7 Å². The number of carbonyl (C=O) groups excluding carboxylic acids is 4. The van der Waals surface area contributed by atoms with Crippen LogP contribution >= 0.6 is 0 Å². The smallest absolute Gasteiger partial charge is 0.444 e. The summed E-state index contributed by atoms with van der Waals surface area (Å²) in [4.78, 5) is 64.6. The maximum absolute atomic E-state index is 14.0. The maximum atomic E-state index is 14.0. The molecule has 0 bridgehead atoms. The van der Waals surface area contributed by atoms with Crippen molar-refractivity contribution in [2.75, 3.05) is 85.5 Å². The van der Waals surface area contributed by atoms with Gasteiger partial charge < -0.3 is 59.7 Å². The Morgan fingerprint density at radius 3 is 1.50 bits per heavy atom. The number of nitrogens with one attached hydrogen (secondary N) is 3. The van der Waals surface area contributed by atoms with E-state index in [1.807, 2.05) is 95.3 Å². The molecule has 2 fully saturated rings. The zero-order valence-electron chi connectivity index (χ0n) is 51.8. The predicted octanol–water partition coefficient (Wildman–Crippen LogP) is 7.96. The molecular weight excluding hydrogens is 1200 g/mol.